The molecule has 0 amide bonds. The van der Waals surface area contributed by atoms with Crippen LogP contribution in [0.1, 0.15) is 0 Å². The molecule has 1 heterocycles. The number of nitrogens with zero attached hydrogens (tertiary/aromatic N) is 4. The molecule has 6 aromatic rings. The van der Waals surface area contributed by atoms with Crippen molar-refractivity contribution in [1.82, 2.24) is 17.4 Å². The fourth-order valence-corrected chi connectivity index (χ4v) is 46.4. The van der Waals surface area contributed by atoms with Gasteiger partial charge in [0, 0.05) is 0 Å². The maximum Gasteiger partial charge on any atom is 0.404 e. The average molecular weight is 839 g/mol. The molecule has 6 aromatic carbocycles. The lowest BCUT2D eigenvalue weighted by atomic mass is 10.3. The van der Waals surface area contributed by atoms with Crippen LogP contribution in [0.25, 0.3) is 0 Å². The summed E-state index contributed by atoms with van der Waals surface area (Å²) in [6, 6.07) is 65.5. The molecule has 0 aromatic heterocycles. The molecule has 0 atom stereocenters. The van der Waals surface area contributed by atoms with Gasteiger partial charge in [0.05, 0.1) is 0 Å². The zero-order valence-electron chi connectivity index (χ0n) is 33.9. The van der Waals surface area contributed by atoms with E-state index < -0.39 is 51.7 Å². The van der Waals surface area contributed by atoms with E-state index in [1.54, 1.807) is 0 Å². The van der Waals surface area contributed by atoms with E-state index in [1.165, 1.54) is 20.7 Å². The lowest BCUT2D eigenvalue weighted by Gasteiger charge is -2.75. The van der Waals surface area contributed by atoms with Crippen molar-refractivity contribution in [2.75, 3.05) is 0 Å². The highest BCUT2D eigenvalue weighted by atomic mass is 28.5. The molecule has 1 saturated heterocycles. The van der Waals surface area contributed by atoms with E-state index >= 15 is 0 Å². The number of hydrogen-bond donors (Lipinski definition) is 0. The SMILES string of the molecule is C[Si](C)N(N1[Si](C)(C)N(N([Si](C)C)[Si](Oc2ccccc2)(c2ccccc2)c2ccccc2)[Si]1(C)C)[Si](Oc1ccccc1)(c1ccccc1)c1ccccc1. The molecule has 1 aliphatic heterocycles. The summed E-state index contributed by atoms with van der Waals surface area (Å²) in [7, 11) is -13.9. The number of hydrazine groups is 2. The molecule has 1 fully saturated rings. The zero-order chi connectivity index (χ0) is 39.6. The topological polar surface area (TPSA) is 31.4 Å². The van der Waals surface area contributed by atoms with Gasteiger partial charge in [0.15, 0.2) is 0 Å². The standard InChI is InChI=1S/C44H54N4O2Si6/c1-51(2)45(55(41-31-19-11-20-32-41,42-33-21-12-22-34-42)49-39-27-15-9-16-28-39)47-53(5,6)48(54(47,7)8)46(52(3)4)56(43-35-23-13-24-36-43,44-37-25-14-26-38-44)50-40-29-17-10-18-30-40/h9-38H,1-8H3. The summed E-state index contributed by atoms with van der Waals surface area (Å²) < 4.78 is 27.1. The van der Waals surface area contributed by atoms with E-state index in [0.29, 0.717) is 0 Å². The van der Waals surface area contributed by atoms with Crippen molar-refractivity contribution >= 4 is 72.4 Å². The van der Waals surface area contributed by atoms with Crippen molar-refractivity contribution in [3.05, 3.63) is 182 Å². The Labute approximate surface area is 342 Å². The minimum atomic E-state index is -3.20. The summed E-state index contributed by atoms with van der Waals surface area (Å²) in [4.78, 5) is 0. The predicted octanol–water partition coefficient (Wildman–Crippen LogP) is 7.62. The lowest BCUT2D eigenvalue weighted by Crippen LogP contribution is -3.02. The molecule has 0 N–H and O–H groups in total. The van der Waals surface area contributed by atoms with Crippen LogP contribution in [-0.4, -0.2) is 69.0 Å². The number of para-hydroxylation sites is 2. The van der Waals surface area contributed by atoms with Gasteiger partial charge in [-0.3, -0.25) is 17.4 Å². The highest BCUT2D eigenvalue weighted by Gasteiger charge is 2.72. The average Bonchev–Trinajstić information content (AvgIpc) is 3.22. The molecule has 7 rings (SSSR count). The Morgan fingerprint density at radius 2 is 0.589 bits per heavy atom. The fourth-order valence-electron chi connectivity index (χ4n) is 8.88. The maximum absolute atomic E-state index is 7.72. The summed E-state index contributed by atoms with van der Waals surface area (Å²) in [5.74, 6) is 1.81. The molecule has 0 bridgehead atoms. The van der Waals surface area contributed by atoms with Gasteiger partial charge in [-0.1, -0.05) is 184 Å². The smallest absolute Gasteiger partial charge is 0.404 e. The summed E-state index contributed by atoms with van der Waals surface area (Å²) in [6.45, 7) is 20.1. The molecular weight excluding hydrogens is 785 g/mol. The van der Waals surface area contributed by atoms with Crippen molar-refractivity contribution in [1.29, 1.82) is 0 Å². The molecule has 286 valence electrons. The second-order valence-electron chi connectivity index (χ2n) is 15.7. The molecule has 2 radical (unpaired) electrons. The molecular formula is C44H54N4O2Si6. The Hall–Kier alpha value is -3.94. The first-order chi connectivity index (χ1) is 27.0. The van der Waals surface area contributed by atoms with E-state index in [9.17, 15) is 0 Å². The molecule has 6 nitrogen and oxygen atoms in total. The quantitative estimate of drug-likeness (QED) is 0.105. The van der Waals surface area contributed by atoms with Crippen molar-refractivity contribution in [3.8, 4) is 11.5 Å². The second kappa shape index (κ2) is 16.5. The molecule has 56 heavy (non-hydrogen) atoms. The third kappa shape index (κ3) is 7.12. The third-order valence-corrected chi connectivity index (χ3v) is 37.5. The molecule has 1 aliphatic rings. The number of hydrogen-bond acceptors (Lipinski definition) is 6. The Morgan fingerprint density at radius 3 is 0.804 bits per heavy atom. The van der Waals surface area contributed by atoms with E-state index in [-0.39, 0.29) is 0 Å². The first-order valence-electron chi connectivity index (χ1n) is 19.5. The van der Waals surface area contributed by atoms with Gasteiger partial charge in [0.1, 0.15) is 29.4 Å². The first kappa shape index (κ1) is 40.3. The normalized spacial score (nSPS) is 15.9. The van der Waals surface area contributed by atoms with Gasteiger partial charge in [-0.2, -0.15) is 0 Å². The van der Waals surface area contributed by atoms with Crippen LogP contribution in [0.15, 0.2) is 182 Å². The number of rotatable bonds is 14. The Morgan fingerprint density at radius 1 is 0.375 bits per heavy atom. The lowest BCUT2D eigenvalue weighted by molar-refractivity contribution is 0.165. The third-order valence-electron chi connectivity index (χ3n) is 10.6. The Bertz CT molecular complexity index is 1910. The second-order valence-corrected chi connectivity index (χ2v) is 36.0. The van der Waals surface area contributed by atoms with E-state index in [2.05, 4.69) is 252 Å². The summed E-state index contributed by atoms with van der Waals surface area (Å²) in [6.07, 6.45) is 0. The van der Waals surface area contributed by atoms with Crippen molar-refractivity contribution in [2.45, 2.75) is 52.4 Å². The van der Waals surface area contributed by atoms with Crippen LogP contribution in [0, 0.1) is 0 Å². The molecule has 0 unspecified atom stereocenters. The largest absolute Gasteiger partial charge is 0.522 e. The van der Waals surface area contributed by atoms with Crippen LogP contribution in [0.3, 0.4) is 0 Å². The van der Waals surface area contributed by atoms with Crippen LogP contribution >= 0.6 is 0 Å². The van der Waals surface area contributed by atoms with Gasteiger partial charge in [-0.05, 0) is 71.2 Å². The van der Waals surface area contributed by atoms with Crippen LogP contribution in [0.2, 0.25) is 52.4 Å². The molecule has 12 heteroatoms. The van der Waals surface area contributed by atoms with E-state index in [0.717, 1.165) is 11.5 Å². The number of benzene rings is 6. The van der Waals surface area contributed by atoms with Crippen LogP contribution in [0.5, 0.6) is 11.5 Å². The van der Waals surface area contributed by atoms with Gasteiger partial charge < -0.3 is 8.85 Å². The molecule has 0 aliphatic carbocycles. The van der Waals surface area contributed by atoms with E-state index in [1.807, 2.05) is 0 Å². The van der Waals surface area contributed by atoms with Gasteiger partial charge in [-0.25, -0.2) is 0 Å². The highest BCUT2D eigenvalue weighted by Crippen LogP contribution is 2.45. The Balaban J connectivity index is 1.47. The van der Waals surface area contributed by atoms with Crippen molar-refractivity contribution in [3.63, 3.8) is 0 Å². The van der Waals surface area contributed by atoms with Crippen LogP contribution in [-0.2, 0) is 0 Å². The summed E-state index contributed by atoms with van der Waals surface area (Å²) >= 11 is 0. The minimum Gasteiger partial charge on any atom is -0.522 e. The van der Waals surface area contributed by atoms with Gasteiger partial charge in [0.25, 0.3) is 0 Å². The van der Waals surface area contributed by atoms with Gasteiger partial charge in [-0.15, -0.1) is 0 Å². The highest BCUT2D eigenvalue weighted by molar-refractivity contribution is 7.10. The minimum absolute atomic E-state index is 0.904. The van der Waals surface area contributed by atoms with Crippen molar-refractivity contribution in [2.24, 2.45) is 0 Å². The summed E-state index contributed by atoms with van der Waals surface area (Å²) in [5.41, 5.74) is 0. The molecule has 0 spiro atoms. The Kier molecular flexibility index (Phi) is 11.9. The van der Waals surface area contributed by atoms with E-state index in [4.69, 9.17) is 8.85 Å². The molecule has 0 saturated carbocycles. The van der Waals surface area contributed by atoms with Crippen LogP contribution < -0.4 is 29.6 Å². The van der Waals surface area contributed by atoms with Crippen molar-refractivity contribution < 1.29 is 8.85 Å². The zero-order valence-corrected chi connectivity index (χ0v) is 39.9. The van der Waals surface area contributed by atoms with Gasteiger partial charge in [0.2, 0.25) is 16.8 Å². The fraction of sp³-hybridized carbons (Fsp3) is 0.182. The first-order valence-corrected chi connectivity index (χ1v) is 33.9. The van der Waals surface area contributed by atoms with Gasteiger partial charge >= 0.3 is 17.0 Å². The predicted molar refractivity (Wildman–Crippen MR) is 247 cm³/mol. The summed E-state index contributed by atoms with van der Waals surface area (Å²) in [5, 5.41) is 5.02. The maximum atomic E-state index is 7.72. The monoisotopic (exact) mass is 838 g/mol. The van der Waals surface area contributed by atoms with Crippen LogP contribution in [0.4, 0.5) is 0 Å².